The smallest absolute Gasteiger partial charge is 0.272 e. The maximum absolute atomic E-state index is 12.8. The van der Waals surface area contributed by atoms with Gasteiger partial charge in [-0.1, -0.05) is 36.4 Å². The topological polar surface area (TPSA) is 147 Å². The predicted molar refractivity (Wildman–Crippen MR) is 135 cm³/mol. The van der Waals surface area contributed by atoms with Crippen LogP contribution >= 0.6 is 0 Å². The number of primary amides is 1. The Kier molecular flexibility index (Phi) is 6.50. The molecule has 0 bridgehead atoms. The minimum absolute atomic E-state index is 0.169. The lowest BCUT2D eigenvalue weighted by Gasteiger charge is -2.25. The first-order valence-corrected chi connectivity index (χ1v) is 11.8. The van der Waals surface area contributed by atoms with Gasteiger partial charge in [-0.15, -0.1) is 5.10 Å². The van der Waals surface area contributed by atoms with Crippen LogP contribution in [0.15, 0.2) is 54.7 Å². The summed E-state index contributed by atoms with van der Waals surface area (Å²) < 4.78 is 12.8. The summed E-state index contributed by atoms with van der Waals surface area (Å²) in [6.45, 7) is 3.85. The number of aryl methyl sites for hydroxylation is 1. The van der Waals surface area contributed by atoms with Gasteiger partial charge < -0.3 is 20.5 Å². The highest BCUT2D eigenvalue weighted by Gasteiger charge is 2.34. The Morgan fingerprint density at radius 1 is 1.16 bits per heavy atom. The summed E-state index contributed by atoms with van der Waals surface area (Å²) in [5.41, 5.74) is 9.15. The summed E-state index contributed by atoms with van der Waals surface area (Å²) in [6, 6.07) is 15.0. The van der Waals surface area contributed by atoms with Crippen molar-refractivity contribution in [1.82, 2.24) is 25.0 Å². The summed E-state index contributed by atoms with van der Waals surface area (Å²) in [5, 5.41) is 15.9. The largest absolute Gasteiger partial charge is 0.490 e. The van der Waals surface area contributed by atoms with Crippen molar-refractivity contribution in [3.8, 4) is 28.7 Å². The average Bonchev–Trinajstić information content (AvgIpc) is 3.24. The zero-order valence-electron chi connectivity index (χ0n) is 20.3. The van der Waals surface area contributed by atoms with E-state index in [4.69, 9.17) is 15.2 Å². The molecular formula is C26H25N7O4. The summed E-state index contributed by atoms with van der Waals surface area (Å²) in [5.74, 6) is 0.548. The molecule has 2 aromatic carbocycles. The first kappa shape index (κ1) is 23.9. The van der Waals surface area contributed by atoms with Gasteiger partial charge >= 0.3 is 0 Å². The molecule has 5 rings (SSSR count). The molecule has 3 heterocycles. The van der Waals surface area contributed by atoms with Crippen LogP contribution in [0.25, 0.3) is 17.2 Å². The van der Waals surface area contributed by atoms with E-state index in [0.29, 0.717) is 29.6 Å². The first-order chi connectivity index (χ1) is 17.9. The summed E-state index contributed by atoms with van der Waals surface area (Å²) in [7, 11) is 0. The van der Waals surface area contributed by atoms with Crippen LogP contribution in [-0.4, -0.2) is 50.0 Å². The number of nitrogens with zero attached hydrogens (tertiary/aromatic N) is 5. The number of carbonyl (C=O) groups excluding carboxylic acids is 2. The minimum atomic E-state index is -0.587. The summed E-state index contributed by atoms with van der Waals surface area (Å²) in [6.07, 6.45) is 1.80. The molecule has 0 saturated heterocycles. The van der Waals surface area contributed by atoms with Gasteiger partial charge in [0.15, 0.2) is 18.1 Å². The molecule has 2 aromatic heterocycles. The summed E-state index contributed by atoms with van der Waals surface area (Å²) in [4.78, 5) is 28.6. The van der Waals surface area contributed by atoms with E-state index in [0.717, 1.165) is 22.4 Å². The quantitative estimate of drug-likeness (QED) is 0.376. The highest BCUT2D eigenvalue weighted by atomic mass is 16.5. The molecule has 37 heavy (non-hydrogen) atoms. The van der Waals surface area contributed by atoms with Gasteiger partial charge in [0.25, 0.3) is 11.9 Å². The number of anilines is 1. The lowest BCUT2D eigenvalue weighted by molar-refractivity contribution is -0.120. The minimum Gasteiger partial charge on any atom is -0.490 e. The number of benzene rings is 2. The van der Waals surface area contributed by atoms with Crippen molar-refractivity contribution in [2.24, 2.45) is 5.73 Å². The third-order valence-electron chi connectivity index (χ3n) is 5.95. The lowest BCUT2D eigenvalue weighted by atomic mass is 9.85. The van der Waals surface area contributed by atoms with Gasteiger partial charge in [-0.25, -0.2) is 4.98 Å². The SMILES string of the molecule is CCOc1cc([C@@H]2CC(=O)Nc3c2c(C)nn3-c2nncc(-c3ccccc3)n2)ccc1OCC(N)=O. The molecule has 11 heteroatoms. The van der Waals surface area contributed by atoms with Crippen molar-refractivity contribution in [1.29, 1.82) is 0 Å². The Bertz CT molecular complexity index is 1470. The third-order valence-corrected chi connectivity index (χ3v) is 5.95. The van der Waals surface area contributed by atoms with Crippen molar-refractivity contribution in [2.45, 2.75) is 26.2 Å². The Labute approximate surface area is 212 Å². The Hall–Kier alpha value is -4.80. The van der Waals surface area contributed by atoms with Crippen molar-refractivity contribution in [2.75, 3.05) is 18.5 Å². The van der Waals surface area contributed by atoms with E-state index in [-0.39, 0.29) is 30.8 Å². The maximum Gasteiger partial charge on any atom is 0.272 e. The number of fused-ring (bicyclic) bond motifs is 1. The van der Waals surface area contributed by atoms with Crippen LogP contribution in [0.1, 0.15) is 36.1 Å². The van der Waals surface area contributed by atoms with Crippen molar-refractivity contribution >= 4 is 17.6 Å². The number of hydrogen-bond acceptors (Lipinski definition) is 8. The van der Waals surface area contributed by atoms with Gasteiger partial charge in [-0.3, -0.25) is 9.59 Å². The zero-order chi connectivity index (χ0) is 25.9. The van der Waals surface area contributed by atoms with Crippen LogP contribution in [0.5, 0.6) is 11.5 Å². The maximum atomic E-state index is 12.8. The molecule has 1 atom stereocenters. The van der Waals surface area contributed by atoms with Gasteiger partial charge in [-0.2, -0.15) is 14.9 Å². The van der Waals surface area contributed by atoms with Crippen LogP contribution in [0.2, 0.25) is 0 Å². The fourth-order valence-corrected chi connectivity index (χ4v) is 4.39. The second-order valence-electron chi connectivity index (χ2n) is 8.47. The molecule has 3 N–H and O–H groups in total. The van der Waals surface area contributed by atoms with Gasteiger partial charge in [0.2, 0.25) is 5.91 Å². The molecule has 1 aliphatic rings. The Balaban J connectivity index is 1.55. The van der Waals surface area contributed by atoms with Crippen LogP contribution in [0.3, 0.4) is 0 Å². The number of amides is 2. The van der Waals surface area contributed by atoms with E-state index in [9.17, 15) is 9.59 Å². The van der Waals surface area contributed by atoms with E-state index in [1.807, 2.05) is 56.3 Å². The van der Waals surface area contributed by atoms with E-state index in [2.05, 4.69) is 25.6 Å². The Morgan fingerprint density at radius 3 is 2.73 bits per heavy atom. The van der Waals surface area contributed by atoms with Gasteiger partial charge in [-0.05, 0) is 31.5 Å². The number of hydrogen-bond donors (Lipinski definition) is 2. The Morgan fingerprint density at radius 2 is 1.97 bits per heavy atom. The molecule has 0 unspecified atom stereocenters. The molecule has 11 nitrogen and oxygen atoms in total. The van der Waals surface area contributed by atoms with E-state index in [1.54, 1.807) is 12.3 Å². The van der Waals surface area contributed by atoms with Gasteiger partial charge in [0.1, 0.15) is 5.82 Å². The fraction of sp³-hybridized carbons (Fsp3) is 0.231. The molecule has 4 aromatic rings. The second kappa shape index (κ2) is 10.1. The molecule has 0 fully saturated rings. The standard InChI is InChI=1S/C26H25N7O4/c1-3-36-21-11-17(9-10-20(21)37-14-22(27)34)18-12-23(35)30-25-24(18)15(2)32-33(25)26-29-19(13-28-31-26)16-7-5-4-6-8-16/h4-11,13,18H,3,12,14H2,1-2H3,(H2,27,34)(H,30,35)/t18-/m0/s1. The van der Waals surface area contributed by atoms with Gasteiger partial charge in [0, 0.05) is 23.5 Å². The van der Waals surface area contributed by atoms with E-state index < -0.39 is 5.91 Å². The average molecular weight is 500 g/mol. The molecule has 0 aliphatic carbocycles. The van der Waals surface area contributed by atoms with Crippen LogP contribution in [0, 0.1) is 6.92 Å². The van der Waals surface area contributed by atoms with Crippen LogP contribution < -0.4 is 20.5 Å². The molecule has 0 saturated carbocycles. The van der Waals surface area contributed by atoms with E-state index in [1.165, 1.54) is 4.68 Å². The third kappa shape index (κ3) is 4.83. The first-order valence-electron chi connectivity index (χ1n) is 11.8. The molecule has 0 spiro atoms. The lowest BCUT2D eigenvalue weighted by Crippen LogP contribution is -2.25. The number of carbonyl (C=O) groups is 2. The zero-order valence-corrected chi connectivity index (χ0v) is 20.3. The van der Waals surface area contributed by atoms with Crippen molar-refractivity contribution in [3.05, 3.63) is 71.5 Å². The highest BCUT2D eigenvalue weighted by Crippen LogP contribution is 2.42. The monoisotopic (exact) mass is 499 g/mol. The van der Waals surface area contributed by atoms with Crippen LogP contribution in [-0.2, 0) is 9.59 Å². The van der Waals surface area contributed by atoms with E-state index >= 15 is 0 Å². The molecule has 0 radical (unpaired) electrons. The van der Waals surface area contributed by atoms with Gasteiger partial charge in [0.05, 0.1) is 24.2 Å². The summed E-state index contributed by atoms with van der Waals surface area (Å²) >= 11 is 0. The number of nitrogens with two attached hydrogens (primary N) is 1. The molecule has 1 aliphatic heterocycles. The number of nitrogens with one attached hydrogen (secondary N) is 1. The molecular weight excluding hydrogens is 474 g/mol. The predicted octanol–water partition coefficient (Wildman–Crippen LogP) is 2.77. The molecule has 2 amide bonds. The van der Waals surface area contributed by atoms with Crippen LogP contribution in [0.4, 0.5) is 5.82 Å². The fourth-order valence-electron chi connectivity index (χ4n) is 4.39. The second-order valence-corrected chi connectivity index (χ2v) is 8.47. The number of rotatable bonds is 8. The molecule has 188 valence electrons. The highest BCUT2D eigenvalue weighted by molar-refractivity contribution is 5.95. The van der Waals surface area contributed by atoms with Crippen molar-refractivity contribution < 1.29 is 19.1 Å². The number of aromatic nitrogens is 5. The normalized spacial score (nSPS) is 14.5. The number of ether oxygens (including phenoxy) is 2. The van der Waals surface area contributed by atoms with Crippen molar-refractivity contribution in [3.63, 3.8) is 0 Å².